The molecule has 2 aromatic heterocycles. The molecule has 0 aliphatic heterocycles. The maximum Gasteiger partial charge on any atom is 0.154 e. The van der Waals surface area contributed by atoms with Crippen LogP contribution < -0.4 is 5.32 Å². The summed E-state index contributed by atoms with van der Waals surface area (Å²) in [5.41, 5.74) is 2.70. The molecule has 0 atom stereocenters. The molecule has 0 unspecified atom stereocenters. The molecule has 96 valence electrons. The molecule has 4 nitrogen and oxygen atoms in total. The Bertz CT molecular complexity index is 720. The van der Waals surface area contributed by atoms with E-state index in [1.54, 1.807) is 18.6 Å². The van der Waals surface area contributed by atoms with Crippen LogP contribution in [0.25, 0.3) is 11.0 Å². The van der Waals surface area contributed by atoms with Gasteiger partial charge in [0.05, 0.1) is 11.8 Å². The van der Waals surface area contributed by atoms with Crippen molar-refractivity contribution in [2.24, 2.45) is 7.05 Å². The number of halogens is 1. The predicted octanol–water partition coefficient (Wildman–Crippen LogP) is 2.72. The molecule has 0 amide bonds. The van der Waals surface area contributed by atoms with Crippen molar-refractivity contribution in [3.63, 3.8) is 0 Å². The molecule has 0 saturated heterocycles. The zero-order valence-electron chi connectivity index (χ0n) is 10.5. The smallest absolute Gasteiger partial charge is 0.154 e. The number of imidazole rings is 1. The first-order chi connectivity index (χ1) is 9.24. The Morgan fingerprint density at radius 1 is 1.26 bits per heavy atom. The highest BCUT2D eigenvalue weighted by Crippen LogP contribution is 2.19. The van der Waals surface area contributed by atoms with Gasteiger partial charge in [0, 0.05) is 19.8 Å². The number of aryl methyl sites for hydroxylation is 1. The SMILES string of the molecule is Cn1cnc2c(NCc3cccc(F)c3)nccc21. The number of nitrogens with one attached hydrogen (secondary N) is 1. The van der Waals surface area contributed by atoms with E-state index in [1.807, 2.05) is 23.7 Å². The topological polar surface area (TPSA) is 42.7 Å². The summed E-state index contributed by atoms with van der Waals surface area (Å²) in [4.78, 5) is 8.59. The van der Waals surface area contributed by atoms with E-state index < -0.39 is 0 Å². The van der Waals surface area contributed by atoms with Gasteiger partial charge in [0.1, 0.15) is 11.3 Å². The molecule has 3 aromatic rings. The van der Waals surface area contributed by atoms with E-state index in [2.05, 4.69) is 15.3 Å². The Morgan fingerprint density at radius 2 is 2.16 bits per heavy atom. The van der Waals surface area contributed by atoms with Crippen molar-refractivity contribution >= 4 is 16.9 Å². The molecule has 0 saturated carbocycles. The highest BCUT2D eigenvalue weighted by molar-refractivity contribution is 5.85. The third-order valence-corrected chi connectivity index (χ3v) is 2.99. The lowest BCUT2D eigenvalue weighted by atomic mass is 10.2. The van der Waals surface area contributed by atoms with Crippen molar-refractivity contribution in [1.29, 1.82) is 0 Å². The van der Waals surface area contributed by atoms with Crippen LogP contribution in [-0.2, 0) is 13.6 Å². The summed E-state index contributed by atoms with van der Waals surface area (Å²) in [5.74, 6) is 0.477. The van der Waals surface area contributed by atoms with E-state index in [4.69, 9.17) is 0 Å². The highest BCUT2D eigenvalue weighted by atomic mass is 19.1. The molecule has 1 aromatic carbocycles. The van der Waals surface area contributed by atoms with Crippen LogP contribution in [0.2, 0.25) is 0 Å². The number of nitrogens with zero attached hydrogens (tertiary/aromatic N) is 3. The average Bonchev–Trinajstić information content (AvgIpc) is 2.79. The minimum Gasteiger partial charge on any atom is -0.364 e. The number of hydrogen-bond donors (Lipinski definition) is 1. The van der Waals surface area contributed by atoms with E-state index in [-0.39, 0.29) is 5.82 Å². The summed E-state index contributed by atoms with van der Waals surface area (Å²) >= 11 is 0. The van der Waals surface area contributed by atoms with Crippen molar-refractivity contribution in [3.05, 3.63) is 54.2 Å². The first kappa shape index (κ1) is 11.6. The number of fused-ring (bicyclic) bond motifs is 1. The minimum atomic E-state index is -0.233. The second-order valence-corrected chi connectivity index (χ2v) is 4.37. The Kier molecular flexibility index (Phi) is 2.87. The molecule has 0 bridgehead atoms. The van der Waals surface area contributed by atoms with Crippen LogP contribution in [0.4, 0.5) is 10.2 Å². The van der Waals surface area contributed by atoms with E-state index in [0.717, 1.165) is 16.6 Å². The van der Waals surface area contributed by atoms with Gasteiger partial charge in [-0.1, -0.05) is 12.1 Å². The third kappa shape index (κ3) is 2.27. The van der Waals surface area contributed by atoms with Crippen LogP contribution in [0.1, 0.15) is 5.56 Å². The van der Waals surface area contributed by atoms with Crippen molar-refractivity contribution in [2.75, 3.05) is 5.32 Å². The Balaban J connectivity index is 1.86. The van der Waals surface area contributed by atoms with Gasteiger partial charge in [0.2, 0.25) is 0 Å². The fraction of sp³-hybridized carbons (Fsp3) is 0.143. The number of pyridine rings is 1. The molecule has 2 heterocycles. The van der Waals surface area contributed by atoms with Crippen molar-refractivity contribution in [3.8, 4) is 0 Å². The molecule has 3 rings (SSSR count). The summed E-state index contributed by atoms with van der Waals surface area (Å²) in [6, 6.07) is 8.41. The molecular weight excluding hydrogens is 243 g/mol. The lowest BCUT2D eigenvalue weighted by molar-refractivity contribution is 0.626. The molecule has 19 heavy (non-hydrogen) atoms. The molecule has 0 fully saturated rings. The van der Waals surface area contributed by atoms with E-state index >= 15 is 0 Å². The van der Waals surface area contributed by atoms with Gasteiger partial charge >= 0.3 is 0 Å². The lowest BCUT2D eigenvalue weighted by Gasteiger charge is -2.06. The molecule has 0 radical (unpaired) electrons. The summed E-state index contributed by atoms with van der Waals surface area (Å²) in [6.07, 6.45) is 3.48. The fourth-order valence-corrected chi connectivity index (χ4v) is 2.02. The predicted molar refractivity (Wildman–Crippen MR) is 72.2 cm³/mol. The number of rotatable bonds is 3. The van der Waals surface area contributed by atoms with Crippen LogP contribution in [0.15, 0.2) is 42.9 Å². The van der Waals surface area contributed by atoms with Crippen LogP contribution >= 0.6 is 0 Å². The van der Waals surface area contributed by atoms with Gasteiger partial charge in [-0.25, -0.2) is 14.4 Å². The number of hydrogen-bond acceptors (Lipinski definition) is 3. The number of benzene rings is 1. The lowest BCUT2D eigenvalue weighted by Crippen LogP contribution is -2.02. The zero-order chi connectivity index (χ0) is 13.2. The summed E-state index contributed by atoms with van der Waals surface area (Å²) in [6.45, 7) is 0.514. The molecule has 1 N–H and O–H groups in total. The van der Waals surface area contributed by atoms with Crippen molar-refractivity contribution in [1.82, 2.24) is 14.5 Å². The average molecular weight is 256 g/mol. The number of aromatic nitrogens is 3. The van der Waals surface area contributed by atoms with Gasteiger partial charge < -0.3 is 9.88 Å². The molecule has 0 aliphatic carbocycles. The highest BCUT2D eigenvalue weighted by Gasteiger charge is 2.06. The Labute approximate surface area is 109 Å². The summed E-state index contributed by atoms with van der Waals surface area (Å²) in [7, 11) is 1.94. The van der Waals surface area contributed by atoms with Crippen LogP contribution in [-0.4, -0.2) is 14.5 Å². The zero-order valence-corrected chi connectivity index (χ0v) is 10.5. The standard InChI is InChI=1S/C14H13FN4/c1-19-9-18-13-12(19)5-6-16-14(13)17-8-10-3-2-4-11(15)7-10/h2-7,9H,8H2,1H3,(H,16,17). The maximum absolute atomic E-state index is 13.1. The van der Waals surface area contributed by atoms with Gasteiger partial charge in [0.25, 0.3) is 0 Å². The van der Waals surface area contributed by atoms with Crippen LogP contribution in [0.5, 0.6) is 0 Å². The second-order valence-electron chi connectivity index (χ2n) is 4.37. The van der Waals surface area contributed by atoms with E-state index in [9.17, 15) is 4.39 Å². The fourth-order valence-electron chi connectivity index (χ4n) is 2.02. The maximum atomic E-state index is 13.1. The largest absolute Gasteiger partial charge is 0.364 e. The van der Waals surface area contributed by atoms with Gasteiger partial charge in [-0.3, -0.25) is 0 Å². The van der Waals surface area contributed by atoms with E-state index in [1.165, 1.54) is 12.1 Å². The molecule has 5 heteroatoms. The summed E-state index contributed by atoms with van der Waals surface area (Å²) < 4.78 is 15.0. The van der Waals surface area contributed by atoms with Gasteiger partial charge in [-0.2, -0.15) is 0 Å². The Hall–Kier alpha value is -2.43. The molecular formula is C14H13FN4. The van der Waals surface area contributed by atoms with Crippen LogP contribution in [0, 0.1) is 5.82 Å². The van der Waals surface area contributed by atoms with Crippen LogP contribution in [0.3, 0.4) is 0 Å². The quantitative estimate of drug-likeness (QED) is 0.783. The second kappa shape index (κ2) is 4.68. The molecule has 0 spiro atoms. The molecule has 0 aliphatic rings. The van der Waals surface area contributed by atoms with E-state index in [0.29, 0.717) is 12.4 Å². The third-order valence-electron chi connectivity index (χ3n) is 2.99. The first-order valence-electron chi connectivity index (χ1n) is 5.98. The summed E-state index contributed by atoms with van der Waals surface area (Å²) in [5, 5.41) is 3.19. The minimum absolute atomic E-state index is 0.233. The first-order valence-corrected chi connectivity index (χ1v) is 5.98. The van der Waals surface area contributed by atoms with Gasteiger partial charge in [-0.15, -0.1) is 0 Å². The monoisotopic (exact) mass is 256 g/mol. The Morgan fingerprint density at radius 3 is 3.00 bits per heavy atom. The van der Waals surface area contributed by atoms with Gasteiger partial charge in [-0.05, 0) is 23.8 Å². The number of anilines is 1. The van der Waals surface area contributed by atoms with Crippen molar-refractivity contribution < 1.29 is 4.39 Å². The van der Waals surface area contributed by atoms with Crippen molar-refractivity contribution in [2.45, 2.75) is 6.54 Å². The normalized spacial score (nSPS) is 10.8. The van der Waals surface area contributed by atoms with Gasteiger partial charge in [0.15, 0.2) is 5.82 Å².